The van der Waals surface area contributed by atoms with E-state index in [2.05, 4.69) is 20.6 Å². The maximum Gasteiger partial charge on any atom is 0.264 e. The maximum atomic E-state index is 12.3. The quantitative estimate of drug-likeness (QED) is 0.763. The summed E-state index contributed by atoms with van der Waals surface area (Å²) in [5.41, 5.74) is -0.0102. The fraction of sp³-hybridized carbons (Fsp3) is 0.667. The molecule has 1 aliphatic heterocycles. The number of aromatic amines is 1. The summed E-state index contributed by atoms with van der Waals surface area (Å²) in [6.07, 6.45) is 1.77. The second-order valence-electron chi connectivity index (χ2n) is 6.62. The summed E-state index contributed by atoms with van der Waals surface area (Å²) in [6, 6.07) is 0.125. The lowest BCUT2D eigenvalue weighted by molar-refractivity contribution is 0.0926. The van der Waals surface area contributed by atoms with E-state index in [4.69, 9.17) is 0 Å². The zero-order valence-electron chi connectivity index (χ0n) is 13.6. The number of rotatable bonds is 2. The van der Waals surface area contributed by atoms with Crippen molar-refractivity contribution in [1.82, 2.24) is 20.6 Å². The Kier molecular flexibility index (Phi) is 6.14. The highest BCUT2D eigenvalue weighted by molar-refractivity contribution is 5.95. The molecule has 22 heavy (non-hydrogen) atoms. The number of nitrogens with one attached hydrogen (secondary N) is 3. The molecule has 6 nitrogen and oxygen atoms in total. The van der Waals surface area contributed by atoms with Crippen molar-refractivity contribution in [2.45, 2.75) is 52.0 Å². The number of hydrogen-bond donors (Lipinski definition) is 3. The van der Waals surface area contributed by atoms with Gasteiger partial charge in [-0.05, 0) is 32.9 Å². The molecule has 1 fully saturated rings. The molecule has 0 aliphatic carbocycles. The van der Waals surface area contributed by atoms with Gasteiger partial charge in [0.1, 0.15) is 11.4 Å². The Hall–Kier alpha value is -1.40. The van der Waals surface area contributed by atoms with Crippen LogP contribution in [0.5, 0.6) is 0 Å². The van der Waals surface area contributed by atoms with E-state index >= 15 is 0 Å². The lowest BCUT2D eigenvalue weighted by atomic mass is 9.95. The highest BCUT2D eigenvalue weighted by Gasteiger charge is 2.24. The highest BCUT2D eigenvalue weighted by Crippen LogP contribution is 2.17. The van der Waals surface area contributed by atoms with Gasteiger partial charge in [0.2, 0.25) is 0 Å². The first-order valence-electron chi connectivity index (χ1n) is 7.42. The van der Waals surface area contributed by atoms with E-state index in [0.717, 1.165) is 25.9 Å². The summed E-state index contributed by atoms with van der Waals surface area (Å²) in [7, 11) is 0. The molecule has 7 heteroatoms. The van der Waals surface area contributed by atoms with Gasteiger partial charge >= 0.3 is 0 Å². The SMILES string of the molecule is Cc1nc(C(C)(C)C)[nH]c(=O)c1C(=O)NC1CCNCC1.Cl. The van der Waals surface area contributed by atoms with Crippen LogP contribution in [-0.2, 0) is 5.41 Å². The van der Waals surface area contributed by atoms with Crippen molar-refractivity contribution >= 4 is 18.3 Å². The van der Waals surface area contributed by atoms with Gasteiger partial charge in [-0.3, -0.25) is 9.59 Å². The van der Waals surface area contributed by atoms with Crippen molar-refractivity contribution in [3.63, 3.8) is 0 Å². The minimum Gasteiger partial charge on any atom is -0.349 e. The van der Waals surface area contributed by atoms with E-state index in [9.17, 15) is 9.59 Å². The van der Waals surface area contributed by atoms with Crippen molar-refractivity contribution in [3.05, 3.63) is 27.4 Å². The minimum absolute atomic E-state index is 0. The number of aryl methyl sites for hydroxylation is 1. The fourth-order valence-corrected chi connectivity index (χ4v) is 2.43. The van der Waals surface area contributed by atoms with E-state index < -0.39 is 0 Å². The lowest BCUT2D eigenvalue weighted by Crippen LogP contribution is -2.44. The van der Waals surface area contributed by atoms with Gasteiger partial charge in [0.05, 0.1) is 5.69 Å². The molecule has 0 spiro atoms. The molecule has 124 valence electrons. The van der Waals surface area contributed by atoms with Crippen LogP contribution in [0.1, 0.15) is 55.5 Å². The smallest absolute Gasteiger partial charge is 0.264 e. The number of carbonyl (C=O) groups excluding carboxylic acids is 1. The number of halogens is 1. The summed E-state index contributed by atoms with van der Waals surface area (Å²) in [5.74, 6) is 0.275. The number of aromatic nitrogens is 2. The van der Waals surface area contributed by atoms with Crippen molar-refractivity contribution in [2.75, 3.05) is 13.1 Å². The average Bonchev–Trinajstić information content (AvgIpc) is 2.37. The van der Waals surface area contributed by atoms with Crippen LogP contribution < -0.4 is 16.2 Å². The minimum atomic E-state index is -0.362. The average molecular weight is 329 g/mol. The first kappa shape index (κ1) is 18.6. The molecular formula is C15H25ClN4O2. The molecule has 0 saturated carbocycles. The summed E-state index contributed by atoms with van der Waals surface area (Å²) in [4.78, 5) is 31.7. The molecule has 2 heterocycles. The number of nitrogens with zero attached hydrogens (tertiary/aromatic N) is 1. The first-order chi connectivity index (χ1) is 9.79. The Morgan fingerprint density at radius 3 is 2.36 bits per heavy atom. The van der Waals surface area contributed by atoms with E-state index in [-0.39, 0.29) is 40.9 Å². The number of hydrogen-bond acceptors (Lipinski definition) is 4. The van der Waals surface area contributed by atoms with Gasteiger partial charge in [-0.2, -0.15) is 0 Å². The van der Waals surface area contributed by atoms with E-state index in [1.165, 1.54) is 0 Å². The van der Waals surface area contributed by atoms with Crippen molar-refractivity contribution < 1.29 is 4.79 Å². The Labute approximate surface area is 136 Å². The first-order valence-corrected chi connectivity index (χ1v) is 7.42. The summed E-state index contributed by atoms with van der Waals surface area (Å²) in [5, 5.41) is 6.18. The van der Waals surface area contributed by atoms with Crippen LogP contribution in [0.3, 0.4) is 0 Å². The predicted molar refractivity (Wildman–Crippen MR) is 88.9 cm³/mol. The largest absolute Gasteiger partial charge is 0.349 e. The zero-order valence-corrected chi connectivity index (χ0v) is 14.4. The molecule has 1 saturated heterocycles. The fourth-order valence-electron chi connectivity index (χ4n) is 2.43. The Balaban J connectivity index is 0.00000242. The van der Waals surface area contributed by atoms with Crippen molar-refractivity contribution in [3.8, 4) is 0 Å². The van der Waals surface area contributed by atoms with Gasteiger partial charge in [-0.15, -0.1) is 12.4 Å². The van der Waals surface area contributed by atoms with Gasteiger partial charge in [-0.25, -0.2) is 4.98 Å². The van der Waals surface area contributed by atoms with Crippen LogP contribution in [0.15, 0.2) is 4.79 Å². The maximum absolute atomic E-state index is 12.3. The third-order valence-electron chi connectivity index (χ3n) is 3.71. The molecule has 2 rings (SSSR count). The Bertz CT molecular complexity index is 586. The van der Waals surface area contributed by atoms with Gasteiger partial charge < -0.3 is 15.6 Å². The molecular weight excluding hydrogens is 304 g/mol. The lowest BCUT2D eigenvalue weighted by Gasteiger charge is -2.24. The van der Waals surface area contributed by atoms with E-state index in [1.54, 1.807) is 6.92 Å². The normalized spacial score (nSPS) is 16.0. The van der Waals surface area contributed by atoms with Crippen LogP contribution in [0.4, 0.5) is 0 Å². The second kappa shape index (κ2) is 7.24. The van der Waals surface area contributed by atoms with Gasteiger partial charge in [0.25, 0.3) is 11.5 Å². The number of carbonyl (C=O) groups is 1. The van der Waals surface area contributed by atoms with E-state index in [0.29, 0.717) is 11.5 Å². The zero-order chi connectivity index (χ0) is 15.6. The molecule has 0 unspecified atom stereocenters. The van der Waals surface area contributed by atoms with Crippen LogP contribution in [0, 0.1) is 6.92 Å². The molecule has 0 radical (unpaired) electrons. The molecule has 1 aliphatic rings. The molecule has 1 aromatic heterocycles. The third-order valence-corrected chi connectivity index (χ3v) is 3.71. The van der Waals surface area contributed by atoms with Crippen molar-refractivity contribution in [2.24, 2.45) is 0 Å². The summed E-state index contributed by atoms with van der Waals surface area (Å²) >= 11 is 0. The van der Waals surface area contributed by atoms with Crippen LogP contribution in [0.2, 0.25) is 0 Å². The highest BCUT2D eigenvalue weighted by atomic mass is 35.5. The Morgan fingerprint density at radius 1 is 1.27 bits per heavy atom. The van der Waals surface area contributed by atoms with Crippen LogP contribution >= 0.6 is 12.4 Å². The summed E-state index contributed by atoms with van der Waals surface area (Å²) in [6.45, 7) is 9.41. The van der Waals surface area contributed by atoms with Gasteiger partial charge in [-0.1, -0.05) is 20.8 Å². The summed E-state index contributed by atoms with van der Waals surface area (Å²) < 4.78 is 0. The predicted octanol–water partition coefficient (Wildman–Crippen LogP) is 1.28. The molecule has 0 aromatic carbocycles. The monoisotopic (exact) mass is 328 g/mol. The third kappa shape index (κ3) is 4.30. The molecule has 0 bridgehead atoms. The molecule has 3 N–H and O–H groups in total. The van der Waals surface area contributed by atoms with Crippen LogP contribution in [-0.4, -0.2) is 35.0 Å². The topological polar surface area (TPSA) is 86.9 Å². The number of H-pyrrole nitrogens is 1. The van der Waals surface area contributed by atoms with Crippen molar-refractivity contribution in [1.29, 1.82) is 0 Å². The molecule has 0 atom stereocenters. The standard InChI is InChI=1S/C15H24N4O2.ClH/c1-9-11(12(20)18-10-5-7-16-8-6-10)13(21)19-14(17-9)15(2,3)4;/h10,16H,5-8H2,1-4H3,(H,18,20)(H,17,19,21);1H. The van der Waals surface area contributed by atoms with Crippen LogP contribution in [0.25, 0.3) is 0 Å². The van der Waals surface area contributed by atoms with Gasteiger partial charge in [0.15, 0.2) is 0 Å². The number of piperidine rings is 1. The Morgan fingerprint density at radius 2 is 1.86 bits per heavy atom. The number of amides is 1. The second-order valence-corrected chi connectivity index (χ2v) is 6.62. The molecule has 1 aromatic rings. The van der Waals surface area contributed by atoms with Gasteiger partial charge in [0, 0.05) is 11.5 Å². The molecule has 1 amide bonds. The van der Waals surface area contributed by atoms with E-state index in [1.807, 2.05) is 20.8 Å².